The molecule has 0 spiro atoms. The molecule has 0 amide bonds. The average Bonchev–Trinajstić information content (AvgIpc) is 2.98. The lowest BCUT2D eigenvalue weighted by Crippen LogP contribution is -2.21. The average molecular weight is 322 g/mol. The highest BCUT2D eigenvalue weighted by Crippen LogP contribution is 2.31. The molecule has 2 heterocycles. The second-order valence-electron chi connectivity index (χ2n) is 6.28. The summed E-state index contributed by atoms with van der Waals surface area (Å²) in [6, 6.07) is 8.49. The SMILES string of the molecule is CC1CCC(SCc2cccc(OCC3CCOCC3)c2)O1. The second kappa shape index (κ2) is 8.23. The van der Waals surface area contributed by atoms with Crippen molar-refractivity contribution in [1.29, 1.82) is 0 Å². The molecular formula is C18H26O3S. The van der Waals surface area contributed by atoms with E-state index in [1.54, 1.807) is 0 Å². The van der Waals surface area contributed by atoms with Gasteiger partial charge in [-0.3, -0.25) is 0 Å². The first-order valence-electron chi connectivity index (χ1n) is 8.36. The lowest BCUT2D eigenvalue weighted by atomic mass is 10.0. The van der Waals surface area contributed by atoms with Crippen LogP contribution in [0.1, 0.15) is 38.2 Å². The van der Waals surface area contributed by atoms with Gasteiger partial charge in [-0.2, -0.15) is 0 Å². The van der Waals surface area contributed by atoms with E-state index in [9.17, 15) is 0 Å². The van der Waals surface area contributed by atoms with E-state index in [1.165, 1.54) is 18.4 Å². The molecule has 2 atom stereocenters. The van der Waals surface area contributed by atoms with Crippen LogP contribution in [-0.2, 0) is 15.2 Å². The first kappa shape index (κ1) is 16.2. The molecule has 22 heavy (non-hydrogen) atoms. The Labute approximate surface area is 137 Å². The van der Waals surface area contributed by atoms with Gasteiger partial charge in [0.05, 0.1) is 12.7 Å². The van der Waals surface area contributed by atoms with E-state index < -0.39 is 0 Å². The monoisotopic (exact) mass is 322 g/mol. The van der Waals surface area contributed by atoms with Crippen molar-refractivity contribution in [2.24, 2.45) is 5.92 Å². The van der Waals surface area contributed by atoms with Gasteiger partial charge >= 0.3 is 0 Å². The normalized spacial score (nSPS) is 26.2. The number of rotatable bonds is 6. The fraction of sp³-hybridized carbons (Fsp3) is 0.667. The van der Waals surface area contributed by atoms with Crippen molar-refractivity contribution in [3.63, 3.8) is 0 Å². The van der Waals surface area contributed by atoms with Gasteiger partial charge in [0.25, 0.3) is 0 Å². The smallest absolute Gasteiger partial charge is 0.119 e. The zero-order valence-corrected chi connectivity index (χ0v) is 14.1. The maximum absolute atomic E-state index is 5.98. The van der Waals surface area contributed by atoms with Crippen molar-refractivity contribution in [3.05, 3.63) is 29.8 Å². The highest BCUT2D eigenvalue weighted by atomic mass is 32.2. The molecule has 2 aliphatic heterocycles. The highest BCUT2D eigenvalue weighted by molar-refractivity contribution is 7.99. The largest absolute Gasteiger partial charge is 0.493 e. The van der Waals surface area contributed by atoms with E-state index in [0.29, 0.717) is 17.5 Å². The molecule has 0 bridgehead atoms. The van der Waals surface area contributed by atoms with E-state index in [4.69, 9.17) is 14.2 Å². The van der Waals surface area contributed by atoms with Crippen LogP contribution in [0.5, 0.6) is 5.75 Å². The van der Waals surface area contributed by atoms with Gasteiger partial charge in [0.1, 0.15) is 11.2 Å². The summed E-state index contributed by atoms with van der Waals surface area (Å²) in [7, 11) is 0. The number of ether oxygens (including phenoxy) is 3. The predicted molar refractivity (Wildman–Crippen MR) is 90.3 cm³/mol. The first-order chi connectivity index (χ1) is 10.8. The summed E-state index contributed by atoms with van der Waals surface area (Å²) in [6.07, 6.45) is 5.02. The van der Waals surface area contributed by atoms with Crippen molar-refractivity contribution in [3.8, 4) is 5.75 Å². The lowest BCUT2D eigenvalue weighted by molar-refractivity contribution is 0.0497. The molecule has 1 aromatic carbocycles. The predicted octanol–water partition coefficient (Wildman–Crippen LogP) is 4.25. The van der Waals surface area contributed by atoms with Gasteiger partial charge in [0.2, 0.25) is 0 Å². The number of hydrogen-bond acceptors (Lipinski definition) is 4. The molecule has 1 aromatic rings. The van der Waals surface area contributed by atoms with Gasteiger partial charge in [-0.15, -0.1) is 11.8 Å². The number of thioether (sulfide) groups is 1. The van der Waals surface area contributed by atoms with Crippen LogP contribution in [0.3, 0.4) is 0 Å². The minimum atomic E-state index is 0.363. The Bertz CT molecular complexity index is 435. The van der Waals surface area contributed by atoms with Gasteiger partial charge in [-0.1, -0.05) is 12.1 Å². The third kappa shape index (κ3) is 4.90. The van der Waals surface area contributed by atoms with Gasteiger partial charge < -0.3 is 14.2 Å². The fourth-order valence-corrected chi connectivity index (χ4v) is 4.06. The summed E-state index contributed by atoms with van der Waals surface area (Å²) in [5, 5.41) is 0. The standard InChI is InChI=1S/C18H26O3S/c1-14-5-6-18(21-14)22-13-16-3-2-4-17(11-16)20-12-15-7-9-19-10-8-15/h2-4,11,14-15,18H,5-10,12-13H2,1H3. The third-order valence-electron chi connectivity index (χ3n) is 4.35. The van der Waals surface area contributed by atoms with E-state index in [1.807, 2.05) is 11.8 Å². The lowest BCUT2D eigenvalue weighted by Gasteiger charge is -2.22. The highest BCUT2D eigenvalue weighted by Gasteiger charge is 2.21. The molecule has 2 unspecified atom stereocenters. The Balaban J connectivity index is 1.44. The molecule has 0 aliphatic carbocycles. The quantitative estimate of drug-likeness (QED) is 0.782. The minimum absolute atomic E-state index is 0.363. The molecule has 122 valence electrons. The van der Waals surface area contributed by atoms with Crippen LogP contribution in [0.2, 0.25) is 0 Å². The Morgan fingerprint density at radius 2 is 2.05 bits per heavy atom. The van der Waals surface area contributed by atoms with Crippen molar-refractivity contribution >= 4 is 11.8 Å². The Hall–Kier alpha value is -0.710. The Morgan fingerprint density at radius 1 is 1.18 bits per heavy atom. The maximum atomic E-state index is 5.98. The van der Waals surface area contributed by atoms with E-state index in [-0.39, 0.29) is 0 Å². The van der Waals surface area contributed by atoms with Crippen molar-refractivity contribution in [1.82, 2.24) is 0 Å². The van der Waals surface area contributed by atoms with E-state index in [0.717, 1.165) is 44.2 Å². The molecule has 0 aromatic heterocycles. The molecular weight excluding hydrogens is 296 g/mol. The molecule has 3 rings (SSSR count). The molecule has 3 nitrogen and oxygen atoms in total. The van der Waals surface area contributed by atoms with E-state index >= 15 is 0 Å². The van der Waals surface area contributed by atoms with Gasteiger partial charge in [-0.25, -0.2) is 0 Å². The van der Waals surface area contributed by atoms with Crippen LogP contribution in [0.4, 0.5) is 0 Å². The molecule has 2 saturated heterocycles. The zero-order valence-electron chi connectivity index (χ0n) is 13.3. The molecule has 0 saturated carbocycles. The molecule has 4 heteroatoms. The summed E-state index contributed by atoms with van der Waals surface area (Å²) in [4.78, 5) is 0. The van der Waals surface area contributed by atoms with Crippen molar-refractivity contribution < 1.29 is 14.2 Å². The maximum Gasteiger partial charge on any atom is 0.119 e. The van der Waals surface area contributed by atoms with Crippen molar-refractivity contribution in [2.45, 2.75) is 49.9 Å². The molecule has 2 fully saturated rings. The Kier molecular flexibility index (Phi) is 6.04. The second-order valence-corrected chi connectivity index (χ2v) is 7.43. The molecule has 0 N–H and O–H groups in total. The summed E-state index contributed by atoms with van der Waals surface area (Å²) in [6.45, 7) is 4.73. The summed E-state index contributed by atoms with van der Waals surface area (Å²) < 4.78 is 17.2. The molecule has 0 radical (unpaired) electrons. The first-order valence-corrected chi connectivity index (χ1v) is 9.41. The van der Waals surface area contributed by atoms with Gasteiger partial charge in [0, 0.05) is 19.0 Å². The fourth-order valence-electron chi connectivity index (χ4n) is 2.93. The van der Waals surface area contributed by atoms with Crippen LogP contribution in [0.15, 0.2) is 24.3 Å². The van der Waals surface area contributed by atoms with Crippen LogP contribution < -0.4 is 4.74 Å². The number of hydrogen-bond donors (Lipinski definition) is 0. The van der Waals surface area contributed by atoms with E-state index in [2.05, 4.69) is 31.2 Å². The van der Waals surface area contributed by atoms with Crippen LogP contribution in [0, 0.1) is 5.92 Å². The minimum Gasteiger partial charge on any atom is -0.493 e. The van der Waals surface area contributed by atoms with Crippen LogP contribution in [-0.4, -0.2) is 31.4 Å². The zero-order chi connectivity index (χ0) is 15.2. The molecule has 2 aliphatic rings. The number of benzene rings is 1. The summed E-state index contributed by atoms with van der Waals surface area (Å²) >= 11 is 1.90. The van der Waals surface area contributed by atoms with Gasteiger partial charge in [-0.05, 0) is 56.2 Å². The Morgan fingerprint density at radius 3 is 2.82 bits per heavy atom. The van der Waals surface area contributed by atoms with Crippen LogP contribution in [0.25, 0.3) is 0 Å². The van der Waals surface area contributed by atoms with Crippen LogP contribution >= 0.6 is 11.8 Å². The van der Waals surface area contributed by atoms with Crippen molar-refractivity contribution in [2.75, 3.05) is 19.8 Å². The summed E-state index contributed by atoms with van der Waals surface area (Å²) in [5.41, 5.74) is 1.68. The topological polar surface area (TPSA) is 27.7 Å². The summed E-state index contributed by atoms with van der Waals surface area (Å²) in [5.74, 6) is 2.62. The third-order valence-corrected chi connectivity index (χ3v) is 5.57. The van der Waals surface area contributed by atoms with Gasteiger partial charge in [0.15, 0.2) is 0 Å².